The molecule has 1 rings (SSSR count). The normalized spacial score (nSPS) is 11.3. The van der Waals surface area contributed by atoms with Gasteiger partial charge in [0.25, 0.3) is 0 Å². The van der Waals surface area contributed by atoms with Crippen molar-refractivity contribution in [3.8, 4) is 0 Å². The van der Waals surface area contributed by atoms with E-state index in [9.17, 15) is 9.59 Å². The first-order valence-corrected chi connectivity index (χ1v) is 21.1. The highest BCUT2D eigenvalue weighted by molar-refractivity contribution is 5.89. The Kier molecular flexibility index (Phi) is 39.8. The summed E-state index contributed by atoms with van der Waals surface area (Å²) in [6.45, 7) is 14.9. The zero-order chi connectivity index (χ0) is 41.0. The third kappa shape index (κ3) is 37.6. The van der Waals surface area contributed by atoms with Gasteiger partial charge < -0.3 is 62.2 Å². The van der Waals surface area contributed by atoms with Crippen molar-refractivity contribution in [2.45, 2.75) is 71.6 Å². The van der Waals surface area contributed by atoms with Gasteiger partial charge in [-0.05, 0) is 37.1 Å². The molecule has 0 aliphatic carbocycles. The van der Waals surface area contributed by atoms with E-state index in [1.807, 2.05) is 12.1 Å². The highest BCUT2D eigenvalue weighted by Crippen LogP contribution is 2.11. The second kappa shape index (κ2) is 43.1. The zero-order valence-electron chi connectivity index (χ0n) is 35.2. The molecule has 15 heteroatoms. The van der Waals surface area contributed by atoms with E-state index < -0.39 is 0 Å². The lowest BCUT2D eigenvalue weighted by Gasteiger charge is -2.09. The van der Waals surface area contributed by atoms with Gasteiger partial charge in [-0.2, -0.15) is 0 Å². The lowest BCUT2D eigenvalue weighted by Crippen LogP contribution is -2.16. The molecule has 0 aliphatic rings. The Morgan fingerprint density at radius 2 is 0.737 bits per heavy atom. The van der Waals surface area contributed by atoms with Crippen molar-refractivity contribution in [2.75, 3.05) is 157 Å². The maximum atomic E-state index is 12.1. The molecule has 0 amide bonds. The van der Waals surface area contributed by atoms with E-state index in [2.05, 4.69) is 19.2 Å². The number of rotatable bonds is 45. The van der Waals surface area contributed by atoms with Gasteiger partial charge in [0.1, 0.15) is 13.2 Å². The topological polar surface area (TPSA) is 157 Å². The van der Waals surface area contributed by atoms with E-state index in [4.69, 9.17) is 56.8 Å². The second-order valence-electron chi connectivity index (χ2n) is 12.9. The molecule has 0 saturated heterocycles. The fourth-order valence-electron chi connectivity index (χ4n) is 4.83. The summed E-state index contributed by atoms with van der Waals surface area (Å²) >= 11 is 0. The Bertz CT molecular complexity index is 1000. The molecule has 0 heterocycles. The smallest absolute Gasteiger partial charge is 0.338 e. The van der Waals surface area contributed by atoms with Gasteiger partial charge in [-0.15, -0.1) is 0 Å². The number of carbonyl (C=O) groups is 2. The fourth-order valence-corrected chi connectivity index (χ4v) is 4.83. The number of ether oxygens (including phenoxy) is 12. The van der Waals surface area contributed by atoms with Crippen molar-refractivity contribution in [3.63, 3.8) is 0 Å². The predicted molar refractivity (Wildman–Crippen MR) is 217 cm³/mol. The van der Waals surface area contributed by atoms with Gasteiger partial charge in [-0.25, -0.2) is 4.79 Å². The van der Waals surface area contributed by atoms with E-state index in [1.54, 1.807) is 12.1 Å². The molecule has 15 nitrogen and oxygen atoms in total. The molecule has 0 unspecified atom stereocenters. The Morgan fingerprint density at radius 1 is 0.404 bits per heavy atom. The van der Waals surface area contributed by atoms with Gasteiger partial charge in [0.15, 0.2) is 0 Å². The van der Waals surface area contributed by atoms with Crippen LogP contribution in [0.3, 0.4) is 0 Å². The van der Waals surface area contributed by atoms with Crippen molar-refractivity contribution in [1.29, 1.82) is 0 Å². The quantitative estimate of drug-likeness (QED) is 0.0649. The van der Waals surface area contributed by atoms with Crippen LogP contribution in [0.15, 0.2) is 24.3 Å². The van der Waals surface area contributed by atoms with Crippen molar-refractivity contribution in [1.82, 2.24) is 0 Å². The van der Waals surface area contributed by atoms with Crippen LogP contribution in [0.5, 0.6) is 0 Å². The lowest BCUT2D eigenvalue weighted by atomic mass is 10.1. The molecule has 0 aliphatic heterocycles. The van der Waals surface area contributed by atoms with Crippen LogP contribution in [-0.2, 0) is 61.6 Å². The van der Waals surface area contributed by atoms with E-state index >= 15 is 0 Å². The van der Waals surface area contributed by atoms with Gasteiger partial charge >= 0.3 is 11.9 Å². The summed E-state index contributed by atoms with van der Waals surface area (Å²) in [5.41, 5.74) is 1.51. The maximum Gasteiger partial charge on any atom is 0.338 e. The van der Waals surface area contributed by atoms with Crippen LogP contribution in [0.1, 0.15) is 82.0 Å². The SMILES string of the molecule is CCCCCCCCC(=O)OCCOCCOCCOCCOCCOCCOCCOCCOCCOCCOCCOC(=O)c1ccc(NCCCC)cc1. The molecule has 0 radical (unpaired) electrons. The molecule has 0 fully saturated rings. The Hall–Kier alpha value is -2.44. The Labute approximate surface area is 342 Å². The molecule has 1 aromatic rings. The number of benzene rings is 1. The highest BCUT2D eigenvalue weighted by atomic mass is 16.6. The van der Waals surface area contributed by atoms with Crippen LogP contribution in [0, 0.1) is 0 Å². The van der Waals surface area contributed by atoms with E-state index in [-0.39, 0.29) is 25.2 Å². The molecule has 0 spiro atoms. The van der Waals surface area contributed by atoms with E-state index in [0.29, 0.717) is 144 Å². The number of unbranched alkanes of at least 4 members (excludes halogenated alkanes) is 6. The number of hydrogen-bond donors (Lipinski definition) is 1. The molecule has 0 saturated carbocycles. The standard InChI is InChI=1S/C42H75NO14/c1-3-5-7-8-9-10-11-41(44)56-37-35-54-33-31-52-29-27-50-25-23-48-21-19-46-17-18-47-20-22-49-24-26-51-28-30-53-32-34-55-36-38-57-42(45)39-12-14-40(15-13-39)43-16-6-4-2/h12-15,43H,3-11,16-38H2,1-2H3. The summed E-state index contributed by atoms with van der Waals surface area (Å²) < 4.78 is 65.2. The summed E-state index contributed by atoms with van der Waals surface area (Å²) in [5, 5.41) is 3.32. The van der Waals surface area contributed by atoms with E-state index in [1.165, 1.54) is 25.7 Å². The molecule has 0 aromatic heterocycles. The van der Waals surface area contributed by atoms with Gasteiger partial charge in [-0.1, -0.05) is 52.4 Å². The Morgan fingerprint density at radius 3 is 1.12 bits per heavy atom. The zero-order valence-corrected chi connectivity index (χ0v) is 35.2. The molecular weight excluding hydrogens is 742 g/mol. The number of nitrogens with one attached hydrogen (secondary N) is 1. The summed E-state index contributed by atoms with van der Waals surface area (Å²) in [7, 11) is 0. The molecule has 332 valence electrons. The minimum atomic E-state index is -0.364. The molecule has 1 N–H and O–H groups in total. The van der Waals surface area contributed by atoms with Crippen LogP contribution in [0.4, 0.5) is 5.69 Å². The van der Waals surface area contributed by atoms with Crippen molar-refractivity contribution < 1.29 is 66.4 Å². The first-order valence-electron chi connectivity index (χ1n) is 21.1. The number of carbonyl (C=O) groups excluding carboxylic acids is 2. The van der Waals surface area contributed by atoms with Crippen molar-refractivity contribution in [3.05, 3.63) is 29.8 Å². The van der Waals surface area contributed by atoms with Crippen LogP contribution < -0.4 is 5.32 Å². The average Bonchev–Trinajstić information content (AvgIpc) is 3.22. The lowest BCUT2D eigenvalue weighted by molar-refractivity contribution is -0.145. The maximum absolute atomic E-state index is 12.1. The Balaban J connectivity index is 1.68. The molecule has 0 atom stereocenters. The van der Waals surface area contributed by atoms with Crippen molar-refractivity contribution >= 4 is 17.6 Å². The van der Waals surface area contributed by atoms with Gasteiger partial charge in [0.2, 0.25) is 0 Å². The number of esters is 2. The highest BCUT2D eigenvalue weighted by Gasteiger charge is 2.07. The second-order valence-corrected chi connectivity index (χ2v) is 12.9. The van der Waals surface area contributed by atoms with Crippen LogP contribution >= 0.6 is 0 Å². The average molecular weight is 818 g/mol. The molecular formula is C42H75NO14. The van der Waals surface area contributed by atoms with Crippen LogP contribution in [0.25, 0.3) is 0 Å². The summed E-state index contributed by atoms with van der Waals surface area (Å²) in [6, 6.07) is 7.29. The van der Waals surface area contributed by atoms with Gasteiger partial charge in [-0.3, -0.25) is 4.79 Å². The summed E-state index contributed by atoms with van der Waals surface area (Å²) in [5.74, 6) is -0.512. The van der Waals surface area contributed by atoms with Gasteiger partial charge in [0.05, 0.1) is 138 Å². The molecule has 0 bridgehead atoms. The number of hydrogen-bond acceptors (Lipinski definition) is 15. The van der Waals surface area contributed by atoms with Gasteiger partial charge in [0, 0.05) is 18.7 Å². The first-order chi connectivity index (χ1) is 28.2. The summed E-state index contributed by atoms with van der Waals surface area (Å²) in [6.07, 6.45) is 9.63. The van der Waals surface area contributed by atoms with Crippen molar-refractivity contribution in [2.24, 2.45) is 0 Å². The largest absolute Gasteiger partial charge is 0.463 e. The van der Waals surface area contributed by atoms with Crippen LogP contribution in [0.2, 0.25) is 0 Å². The van der Waals surface area contributed by atoms with Crippen LogP contribution in [-0.4, -0.2) is 164 Å². The minimum absolute atomic E-state index is 0.148. The molecule has 1 aromatic carbocycles. The fraction of sp³-hybridized carbons (Fsp3) is 0.810. The number of anilines is 1. The summed E-state index contributed by atoms with van der Waals surface area (Å²) in [4.78, 5) is 23.8. The monoisotopic (exact) mass is 818 g/mol. The minimum Gasteiger partial charge on any atom is -0.463 e. The third-order valence-corrected chi connectivity index (χ3v) is 8.01. The van der Waals surface area contributed by atoms with E-state index in [0.717, 1.165) is 37.9 Å². The first kappa shape index (κ1) is 52.6. The third-order valence-electron chi connectivity index (χ3n) is 8.01. The predicted octanol–water partition coefficient (Wildman–Crippen LogP) is 5.52. The molecule has 57 heavy (non-hydrogen) atoms.